The number of hydrogen-bond acceptors (Lipinski definition) is 5. The number of rotatable bonds is 8. The van der Waals surface area contributed by atoms with Gasteiger partial charge in [0.15, 0.2) is 0 Å². The maximum Gasteiger partial charge on any atom is 0.255 e. The van der Waals surface area contributed by atoms with Gasteiger partial charge in [0.25, 0.3) is 5.91 Å². The monoisotopic (exact) mass is 740 g/mol. The lowest BCUT2D eigenvalue weighted by Gasteiger charge is -2.13. The number of benzene rings is 2. The highest BCUT2D eigenvalue weighted by atomic mass is 127. The summed E-state index contributed by atoms with van der Waals surface area (Å²) in [6.45, 7) is 0.431. The number of nitrogens with one attached hydrogen (secondary N) is 1. The van der Waals surface area contributed by atoms with Crippen molar-refractivity contribution < 1.29 is 18.3 Å². The topological polar surface area (TPSA) is 63.8 Å². The molecule has 1 aliphatic rings. The van der Waals surface area contributed by atoms with Crippen LogP contribution in [-0.4, -0.2) is 12.1 Å². The molecule has 4 aromatic rings. The van der Waals surface area contributed by atoms with E-state index in [-0.39, 0.29) is 18.3 Å². The summed E-state index contributed by atoms with van der Waals surface area (Å²) in [7, 11) is 0. The summed E-state index contributed by atoms with van der Waals surface area (Å²) in [6.07, 6.45) is 7.37. The Morgan fingerprint density at radius 1 is 1.16 bits per heavy atom. The average Bonchev–Trinajstić information content (AvgIpc) is 3.54. The smallest absolute Gasteiger partial charge is 0.255 e. The summed E-state index contributed by atoms with van der Waals surface area (Å²) in [5.41, 5.74) is 3.02. The number of carbonyl (C=O) groups is 1. The molecule has 0 bridgehead atoms. The van der Waals surface area contributed by atoms with Gasteiger partial charge >= 0.3 is 0 Å². The SMILES string of the molecule is O=C(NCc1ccco1)c1c(N=Cc2cc(I)cc(I)c2OCc2ccccc2F)sc2c1CCCC2. The van der Waals surface area contributed by atoms with Crippen LogP contribution < -0.4 is 10.1 Å². The van der Waals surface area contributed by atoms with Crippen LogP contribution in [0, 0.1) is 13.0 Å². The summed E-state index contributed by atoms with van der Waals surface area (Å²) in [6, 6.07) is 14.2. The third-order valence-electron chi connectivity index (χ3n) is 6.07. The summed E-state index contributed by atoms with van der Waals surface area (Å²) < 4.78 is 27.6. The van der Waals surface area contributed by atoms with E-state index in [9.17, 15) is 9.18 Å². The molecule has 0 spiro atoms. The number of nitrogens with zero attached hydrogens (tertiary/aromatic N) is 1. The minimum absolute atomic E-state index is 0.109. The largest absolute Gasteiger partial charge is 0.487 e. The minimum Gasteiger partial charge on any atom is -0.487 e. The number of ether oxygens (including phenoxy) is 1. The zero-order chi connectivity index (χ0) is 25.8. The number of furan rings is 1. The number of halogens is 3. The second kappa shape index (κ2) is 12.1. The van der Waals surface area contributed by atoms with Crippen molar-refractivity contribution in [3.05, 3.63) is 101 Å². The molecule has 1 N–H and O–H groups in total. The van der Waals surface area contributed by atoms with Crippen molar-refractivity contribution in [2.24, 2.45) is 4.99 Å². The number of carbonyl (C=O) groups excluding carboxylic acids is 1. The van der Waals surface area contributed by atoms with Crippen molar-refractivity contribution in [1.82, 2.24) is 5.32 Å². The Morgan fingerprint density at radius 2 is 2.00 bits per heavy atom. The van der Waals surface area contributed by atoms with Crippen LogP contribution in [0.4, 0.5) is 9.39 Å². The molecule has 0 unspecified atom stereocenters. The van der Waals surface area contributed by atoms with Gasteiger partial charge in [-0.2, -0.15) is 0 Å². The van der Waals surface area contributed by atoms with Gasteiger partial charge in [0.1, 0.15) is 28.9 Å². The van der Waals surface area contributed by atoms with Crippen molar-refractivity contribution >= 4 is 73.6 Å². The first-order valence-corrected chi connectivity index (χ1v) is 14.8. The molecule has 5 rings (SSSR count). The third kappa shape index (κ3) is 6.26. The fourth-order valence-electron chi connectivity index (χ4n) is 4.27. The molecule has 0 fully saturated rings. The number of thiophene rings is 1. The van der Waals surface area contributed by atoms with E-state index in [1.807, 2.05) is 18.2 Å². The van der Waals surface area contributed by atoms with E-state index < -0.39 is 0 Å². The van der Waals surface area contributed by atoms with Crippen LogP contribution in [0.1, 0.15) is 50.5 Å². The van der Waals surface area contributed by atoms with Crippen LogP contribution in [0.25, 0.3) is 0 Å². The molecule has 0 atom stereocenters. The van der Waals surface area contributed by atoms with E-state index in [4.69, 9.17) is 14.1 Å². The zero-order valence-corrected chi connectivity index (χ0v) is 24.9. The van der Waals surface area contributed by atoms with Crippen molar-refractivity contribution in [2.45, 2.75) is 38.8 Å². The number of amides is 1. The molecule has 37 heavy (non-hydrogen) atoms. The van der Waals surface area contributed by atoms with Gasteiger partial charge in [0.05, 0.1) is 21.9 Å². The highest BCUT2D eigenvalue weighted by molar-refractivity contribution is 14.1. The minimum atomic E-state index is -0.299. The van der Waals surface area contributed by atoms with Crippen molar-refractivity contribution in [3.63, 3.8) is 0 Å². The van der Waals surface area contributed by atoms with Gasteiger partial charge in [-0.1, -0.05) is 18.2 Å². The fourth-order valence-corrected chi connectivity index (χ4v) is 7.54. The molecule has 0 saturated heterocycles. The lowest BCUT2D eigenvalue weighted by Crippen LogP contribution is -2.23. The van der Waals surface area contributed by atoms with E-state index >= 15 is 0 Å². The van der Waals surface area contributed by atoms with E-state index in [1.54, 1.807) is 48.1 Å². The average molecular weight is 740 g/mol. The number of aryl methyl sites for hydroxylation is 1. The number of hydrogen-bond donors (Lipinski definition) is 1. The van der Waals surface area contributed by atoms with Gasteiger partial charge in [-0.25, -0.2) is 9.38 Å². The molecule has 0 radical (unpaired) electrons. The van der Waals surface area contributed by atoms with E-state index in [1.165, 1.54) is 10.9 Å². The molecular formula is C28H23FI2N2O3S. The molecule has 2 heterocycles. The zero-order valence-electron chi connectivity index (χ0n) is 19.7. The van der Waals surface area contributed by atoms with Gasteiger partial charge in [0, 0.05) is 25.8 Å². The highest BCUT2D eigenvalue weighted by Gasteiger charge is 2.25. The summed E-state index contributed by atoms with van der Waals surface area (Å²) in [5.74, 6) is 0.898. The summed E-state index contributed by atoms with van der Waals surface area (Å²) >= 11 is 6.07. The summed E-state index contributed by atoms with van der Waals surface area (Å²) in [4.78, 5) is 19.3. The van der Waals surface area contributed by atoms with E-state index in [0.717, 1.165) is 44.0 Å². The van der Waals surface area contributed by atoms with Gasteiger partial charge in [-0.05, 0) is 107 Å². The molecule has 1 aliphatic carbocycles. The van der Waals surface area contributed by atoms with Crippen LogP contribution in [0.3, 0.4) is 0 Å². The van der Waals surface area contributed by atoms with Gasteiger partial charge in [0.2, 0.25) is 0 Å². The van der Waals surface area contributed by atoms with Crippen LogP contribution in [0.2, 0.25) is 0 Å². The van der Waals surface area contributed by atoms with Gasteiger partial charge < -0.3 is 14.5 Å². The Kier molecular flexibility index (Phi) is 8.60. The van der Waals surface area contributed by atoms with Crippen LogP contribution in [0.15, 0.2) is 64.2 Å². The fraction of sp³-hybridized carbons (Fsp3) is 0.214. The Labute approximate surface area is 245 Å². The Balaban J connectivity index is 1.44. The van der Waals surface area contributed by atoms with Crippen LogP contribution in [-0.2, 0) is 26.0 Å². The number of aliphatic imine (C=N–C) groups is 1. The molecule has 0 aliphatic heterocycles. The second-order valence-electron chi connectivity index (χ2n) is 8.60. The molecule has 2 aromatic heterocycles. The third-order valence-corrected chi connectivity index (χ3v) is 8.69. The van der Waals surface area contributed by atoms with Crippen molar-refractivity contribution in [2.75, 3.05) is 0 Å². The van der Waals surface area contributed by atoms with Crippen molar-refractivity contribution in [1.29, 1.82) is 0 Å². The van der Waals surface area contributed by atoms with E-state index in [2.05, 4.69) is 50.5 Å². The Hall–Kier alpha value is -2.25. The second-order valence-corrected chi connectivity index (χ2v) is 12.1. The maximum absolute atomic E-state index is 14.2. The molecule has 9 heteroatoms. The molecule has 0 saturated carbocycles. The normalized spacial score (nSPS) is 13.1. The molecule has 5 nitrogen and oxygen atoms in total. The quantitative estimate of drug-likeness (QED) is 0.148. The molecular weight excluding hydrogens is 717 g/mol. The Morgan fingerprint density at radius 3 is 2.81 bits per heavy atom. The first-order chi connectivity index (χ1) is 18.0. The predicted octanol–water partition coefficient (Wildman–Crippen LogP) is 7.83. The maximum atomic E-state index is 14.2. The van der Waals surface area contributed by atoms with Gasteiger partial charge in [-0.15, -0.1) is 11.3 Å². The molecule has 190 valence electrons. The first-order valence-electron chi connectivity index (χ1n) is 11.8. The van der Waals surface area contributed by atoms with E-state index in [0.29, 0.717) is 34.2 Å². The first kappa shape index (κ1) is 26.4. The van der Waals surface area contributed by atoms with Crippen LogP contribution in [0.5, 0.6) is 5.75 Å². The van der Waals surface area contributed by atoms with Crippen LogP contribution >= 0.6 is 56.5 Å². The predicted molar refractivity (Wildman–Crippen MR) is 161 cm³/mol. The lowest BCUT2D eigenvalue weighted by atomic mass is 9.95. The summed E-state index contributed by atoms with van der Waals surface area (Å²) in [5, 5.41) is 3.68. The number of fused-ring (bicyclic) bond motifs is 1. The van der Waals surface area contributed by atoms with Gasteiger partial charge in [-0.3, -0.25) is 4.79 Å². The molecule has 1 amide bonds. The molecule has 2 aromatic carbocycles. The lowest BCUT2D eigenvalue weighted by molar-refractivity contribution is 0.0948. The standard InChI is InChI=1S/C28H23FI2N2O3S/c29-22-9-3-1-6-17(22)16-36-26-18(12-19(30)13-23(26)31)14-33-28-25(21-8-2-4-10-24(21)37-28)27(34)32-15-20-7-5-11-35-20/h1,3,5-7,9,11-14H,2,4,8,10,15-16H2,(H,32,34). The Bertz CT molecular complexity index is 1450. The highest BCUT2D eigenvalue weighted by Crippen LogP contribution is 2.40. The van der Waals surface area contributed by atoms with Crippen molar-refractivity contribution in [3.8, 4) is 5.75 Å².